The maximum Gasteiger partial charge on any atom is 0.223 e. The minimum Gasteiger partial charge on any atom is -0.497 e. The largest absolute Gasteiger partial charge is 0.497 e. The van der Waals surface area contributed by atoms with E-state index < -0.39 is 0 Å². The molecule has 1 saturated carbocycles. The lowest BCUT2D eigenvalue weighted by Crippen LogP contribution is -2.41. The maximum atomic E-state index is 13.1. The normalized spacial score (nSPS) is 25.4. The highest BCUT2D eigenvalue weighted by atomic mass is 16.5. The Balaban J connectivity index is 1.57. The van der Waals surface area contributed by atoms with E-state index in [1.165, 1.54) is 5.69 Å². The summed E-state index contributed by atoms with van der Waals surface area (Å²) in [5, 5.41) is 8.05. The average molecular weight is 412 g/mol. The van der Waals surface area contributed by atoms with E-state index in [0.29, 0.717) is 0 Å². The minimum absolute atomic E-state index is 0.00818. The fraction of sp³-hybridized carbons (Fsp3) is 0.583. The zero-order valence-corrected chi connectivity index (χ0v) is 18.5. The number of carbonyl (C=O) groups excluding carboxylic acids is 1. The van der Waals surface area contributed by atoms with Gasteiger partial charge >= 0.3 is 0 Å². The van der Waals surface area contributed by atoms with Crippen molar-refractivity contribution >= 4 is 5.91 Å². The number of methoxy groups -OCH3 is 2. The number of amides is 1. The molecule has 1 fully saturated rings. The number of hydrogen-bond donors (Lipinski definition) is 1. The molecule has 2 aliphatic rings. The predicted molar refractivity (Wildman–Crippen MR) is 116 cm³/mol. The Bertz CT molecular complexity index is 888. The van der Waals surface area contributed by atoms with Crippen molar-refractivity contribution < 1.29 is 14.3 Å². The van der Waals surface area contributed by atoms with Crippen molar-refractivity contribution in [1.82, 2.24) is 15.1 Å². The summed E-state index contributed by atoms with van der Waals surface area (Å²) in [6.07, 6.45) is 7.83. The van der Waals surface area contributed by atoms with E-state index in [1.54, 1.807) is 14.2 Å². The van der Waals surface area contributed by atoms with Crippen LogP contribution in [0.15, 0.2) is 30.5 Å². The van der Waals surface area contributed by atoms with Crippen molar-refractivity contribution in [3.63, 3.8) is 0 Å². The van der Waals surface area contributed by atoms with E-state index in [9.17, 15) is 4.79 Å². The fourth-order valence-electron chi connectivity index (χ4n) is 5.00. The third-order valence-corrected chi connectivity index (χ3v) is 6.64. The molecule has 30 heavy (non-hydrogen) atoms. The van der Waals surface area contributed by atoms with Crippen LogP contribution in [0.1, 0.15) is 63.3 Å². The minimum atomic E-state index is -0.00818. The second-order valence-corrected chi connectivity index (χ2v) is 9.48. The topological polar surface area (TPSA) is 65.4 Å². The highest BCUT2D eigenvalue weighted by molar-refractivity contribution is 5.79. The van der Waals surface area contributed by atoms with Crippen LogP contribution in [0.4, 0.5) is 0 Å². The molecule has 1 heterocycles. The van der Waals surface area contributed by atoms with Gasteiger partial charge in [0.05, 0.1) is 36.8 Å². The molecule has 0 aliphatic heterocycles. The molecule has 6 nitrogen and oxygen atoms in total. The fourth-order valence-corrected chi connectivity index (χ4v) is 5.00. The zero-order valence-electron chi connectivity index (χ0n) is 18.5. The lowest BCUT2D eigenvalue weighted by Gasteiger charge is -2.37. The van der Waals surface area contributed by atoms with Crippen LogP contribution in [-0.4, -0.2) is 36.0 Å². The molecule has 0 radical (unpaired) electrons. The van der Waals surface area contributed by atoms with Gasteiger partial charge in [-0.15, -0.1) is 0 Å². The van der Waals surface area contributed by atoms with Gasteiger partial charge in [0.2, 0.25) is 5.91 Å². The number of fused-ring (bicyclic) bond motifs is 1. The van der Waals surface area contributed by atoms with Crippen LogP contribution in [0, 0.1) is 11.3 Å². The first-order valence-electron chi connectivity index (χ1n) is 10.9. The Morgan fingerprint density at radius 2 is 1.97 bits per heavy atom. The summed E-state index contributed by atoms with van der Waals surface area (Å²) in [7, 11) is 3.41. The van der Waals surface area contributed by atoms with Crippen molar-refractivity contribution in [2.24, 2.45) is 11.3 Å². The van der Waals surface area contributed by atoms with E-state index in [2.05, 4.69) is 24.3 Å². The van der Waals surface area contributed by atoms with Gasteiger partial charge in [0.1, 0.15) is 5.75 Å². The number of hydrogen-bond acceptors (Lipinski definition) is 4. The van der Waals surface area contributed by atoms with E-state index in [1.807, 2.05) is 35.1 Å². The summed E-state index contributed by atoms with van der Waals surface area (Å²) in [5.41, 5.74) is 3.41. The number of benzene rings is 1. The lowest BCUT2D eigenvalue weighted by atomic mass is 9.74. The van der Waals surface area contributed by atoms with Crippen LogP contribution in [0.2, 0.25) is 0 Å². The van der Waals surface area contributed by atoms with Crippen molar-refractivity contribution in [2.75, 3.05) is 14.2 Å². The molecule has 2 aliphatic carbocycles. The molecular formula is C24H33N3O3. The number of aromatic nitrogens is 2. The van der Waals surface area contributed by atoms with Gasteiger partial charge in [0.25, 0.3) is 0 Å². The van der Waals surface area contributed by atoms with Gasteiger partial charge in [-0.2, -0.15) is 5.10 Å². The van der Waals surface area contributed by atoms with Gasteiger partial charge in [-0.25, -0.2) is 4.68 Å². The summed E-state index contributed by atoms with van der Waals surface area (Å²) in [4.78, 5) is 13.1. The van der Waals surface area contributed by atoms with Gasteiger partial charge in [-0.1, -0.05) is 20.3 Å². The molecule has 1 aromatic heterocycles. The second-order valence-electron chi connectivity index (χ2n) is 9.48. The zero-order chi connectivity index (χ0) is 21.3. The Labute approximate surface area is 178 Å². The molecule has 1 aromatic carbocycles. The Kier molecular flexibility index (Phi) is 5.87. The lowest BCUT2D eigenvalue weighted by molar-refractivity contribution is -0.128. The standard InChI is InChI=1S/C24H33N3O3/c1-24(2)13-21(26-23(28)16-6-5-7-19(12-16)30-4)20-15-25-27(22(20)14-24)17-8-10-18(29-3)11-9-17/h8-11,15-16,19,21H,5-7,12-14H2,1-4H3,(H,26,28). The molecule has 0 spiro atoms. The highest BCUT2D eigenvalue weighted by Gasteiger charge is 2.37. The number of rotatable bonds is 5. The monoisotopic (exact) mass is 411 g/mol. The summed E-state index contributed by atoms with van der Waals surface area (Å²) >= 11 is 0. The third kappa shape index (κ3) is 4.24. The number of nitrogens with zero attached hydrogens (tertiary/aromatic N) is 2. The Hall–Kier alpha value is -2.34. The molecule has 6 heteroatoms. The van der Waals surface area contributed by atoms with E-state index in [0.717, 1.165) is 55.5 Å². The van der Waals surface area contributed by atoms with Crippen LogP contribution in [-0.2, 0) is 16.0 Å². The van der Waals surface area contributed by atoms with Crippen LogP contribution in [0.3, 0.4) is 0 Å². The molecule has 162 valence electrons. The van der Waals surface area contributed by atoms with Crippen molar-refractivity contribution in [2.45, 2.75) is 64.5 Å². The van der Waals surface area contributed by atoms with Crippen LogP contribution < -0.4 is 10.1 Å². The first kappa shape index (κ1) is 20.9. The van der Waals surface area contributed by atoms with Crippen molar-refractivity contribution in [3.8, 4) is 11.4 Å². The predicted octanol–water partition coefficient (Wildman–Crippen LogP) is 4.22. The molecule has 1 N–H and O–H groups in total. The van der Waals surface area contributed by atoms with Gasteiger partial charge < -0.3 is 14.8 Å². The third-order valence-electron chi connectivity index (χ3n) is 6.64. The highest BCUT2D eigenvalue weighted by Crippen LogP contribution is 2.42. The van der Waals surface area contributed by atoms with E-state index in [4.69, 9.17) is 9.47 Å². The van der Waals surface area contributed by atoms with Crippen LogP contribution in [0.5, 0.6) is 5.75 Å². The molecule has 4 rings (SSSR count). The second kappa shape index (κ2) is 8.42. The summed E-state index contributed by atoms with van der Waals surface area (Å²) < 4.78 is 12.8. The maximum absolute atomic E-state index is 13.1. The van der Waals surface area contributed by atoms with Crippen molar-refractivity contribution in [1.29, 1.82) is 0 Å². The summed E-state index contributed by atoms with van der Waals surface area (Å²) in [5.74, 6) is 1.02. The summed E-state index contributed by atoms with van der Waals surface area (Å²) in [6, 6.07) is 7.94. The van der Waals surface area contributed by atoms with E-state index in [-0.39, 0.29) is 29.4 Å². The van der Waals surface area contributed by atoms with Gasteiger partial charge in [-0.05, 0) is 61.8 Å². The number of ether oxygens (including phenoxy) is 2. The summed E-state index contributed by atoms with van der Waals surface area (Å²) in [6.45, 7) is 4.53. The average Bonchev–Trinajstić information content (AvgIpc) is 3.16. The molecular weight excluding hydrogens is 378 g/mol. The van der Waals surface area contributed by atoms with Crippen molar-refractivity contribution in [3.05, 3.63) is 41.7 Å². The Morgan fingerprint density at radius 1 is 1.20 bits per heavy atom. The van der Waals surface area contributed by atoms with Gasteiger partial charge in [0.15, 0.2) is 0 Å². The number of carbonyl (C=O) groups is 1. The van der Waals surface area contributed by atoms with Crippen LogP contribution >= 0.6 is 0 Å². The SMILES string of the molecule is COc1ccc(-n2ncc3c2CC(C)(C)CC3NC(=O)C2CCCC(OC)C2)cc1. The molecule has 0 bridgehead atoms. The first-order valence-corrected chi connectivity index (χ1v) is 10.9. The molecule has 0 saturated heterocycles. The molecule has 2 aromatic rings. The molecule has 1 amide bonds. The molecule has 3 unspecified atom stereocenters. The first-order chi connectivity index (χ1) is 14.4. The smallest absolute Gasteiger partial charge is 0.223 e. The Morgan fingerprint density at radius 3 is 2.67 bits per heavy atom. The van der Waals surface area contributed by atoms with Gasteiger partial charge in [0, 0.05) is 18.6 Å². The van der Waals surface area contributed by atoms with Crippen LogP contribution in [0.25, 0.3) is 5.69 Å². The van der Waals surface area contributed by atoms with Gasteiger partial charge in [-0.3, -0.25) is 4.79 Å². The van der Waals surface area contributed by atoms with E-state index >= 15 is 0 Å². The quantitative estimate of drug-likeness (QED) is 0.800. The molecule has 3 atom stereocenters. The number of nitrogens with one attached hydrogen (secondary N) is 1.